The number of thioether (sulfide) groups is 2. The predicted molar refractivity (Wildman–Crippen MR) is 95.9 cm³/mol. The van der Waals surface area contributed by atoms with Gasteiger partial charge in [0.15, 0.2) is 4.34 Å². The van der Waals surface area contributed by atoms with E-state index in [2.05, 4.69) is 10.2 Å². The van der Waals surface area contributed by atoms with Gasteiger partial charge in [-0.2, -0.15) is 0 Å². The number of amides is 1. The molecule has 2 aliphatic rings. The van der Waals surface area contributed by atoms with Gasteiger partial charge in [-0.05, 0) is 6.92 Å². The second-order valence-corrected chi connectivity index (χ2v) is 8.94. The Morgan fingerprint density at radius 3 is 2.81 bits per heavy atom. The molecule has 2 aliphatic heterocycles. The summed E-state index contributed by atoms with van der Waals surface area (Å²) in [4.78, 5) is 37.9. The third-order valence-corrected chi connectivity index (χ3v) is 7.04. The molecule has 3 heterocycles. The zero-order valence-corrected chi connectivity index (χ0v) is 16.4. The lowest BCUT2D eigenvalue weighted by atomic mass is 10.1. The SMILES string of the molecule is CCC(=O)OCOC(=O)C1=C(Sc2nnc(C)s2)CSC2C(N)C(=O)N12. The molecule has 140 valence electrons. The average Bonchev–Trinajstić information content (AvgIpc) is 3.05. The number of nitrogens with zero attached hydrogens (tertiary/aromatic N) is 3. The van der Waals surface area contributed by atoms with Crippen LogP contribution in [0.15, 0.2) is 14.9 Å². The summed E-state index contributed by atoms with van der Waals surface area (Å²) in [6.07, 6.45) is 0.177. The van der Waals surface area contributed by atoms with E-state index in [-0.39, 0.29) is 23.4 Å². The summed E-state index contributed by atoms with van der Waals surface area (Å²) in [5.41, 5.74) is 5.95. The van der Waals surface area contributed by atoms with Crippen LogP contribution in [0.3, 0.4) is 0 Å². The lowest BCUT2D eigenvalue weighted by Crippen LogP contribution is -2.68. The Morgan fingerprint density at radius 1 is 1.38 bits per heavy atom. The Balaban J connectivity index is 1.81. The number of ether oxygens (including phenoxy) is 2. The molecule has 0 spiro atoms. The van der Waals surface area contributed by atoms with Crippen LogP contribution >= 0.6 is 34.9 Å². The molecule has 0 aromatic carbocycles. The fourth-order valence-corrected chi connectivity index (χ4v) is 5.70. The first-order chi connectivity index (χ1) is 12.4. The third kappa shape index (κ3) is 3.72. The maximum absolute atomic E-state index is 12.6. The van der Waals surface area contributed by atoms with E-state index in [0.29, 0.717) is 15.0 Å². The molecule has 0 saturated carbocycles. The summed E-state index contributed by atoms with van der Waals surface area (Å²) in [7, 11) is 0. The van der Waals surface area contributed by atoms with E-state index in [0.717, 1.165) is 5.01 Å². The van der Waals surface area contributed by atoms with E-state index in [1.165, 1.54) is 39.8 Å². The van der Waals surface area contributed by atoms with Crippen LogP contribution in [-0.4, -0.2) is 56.9 Å². The minimum absolute atomic E-state index is 0.130. The quantitative estimate of drug-likeness (QED) is 0.405. The number of carbonyl (C=O) groups is 3. The summed E-state index contributed by atoms with van der Waals surface area (Å²) in [5.74, 6) is -1.07. The minimum Gasteiger partial charge on any atom is -0.428 e. The second-order valence-electron chi connectivity index (χ2n) is 5.32. The molecule has 1 saturated heterocycles. The van der Waals surface area contributed by atoms with Crippen molar-refractivity contribution in [2.45, 2.75) is 36.0 Å². The Kier molecular flexibility index (Phi) is 5.85. The van der Waals surface area contributed by atoms with Crippen molar-refractivity contribution < 1.29 is 23.9 Å². The van der Waals surface area contributed by atoms with Crippen molar-refractivity contribution >= 4 is 52.7 Å². The number of esters is 2. The molecule has 12 heteroatoms. The van der Waals surface area contributed by atoms with Crippen LogP contribution in [0.2, 0.25) is 0 Å². The minimum atomic E-state index is -0.733. The molecular formula is C14H16N4O5S3. The molecular weight excluding hydrogens is 400 g/mol. The summed E-state index contributed by atoms with van der Waals surface area (Å²) in [5, 5.41) is 8.48. The molecule has 1 amide bonds. The second kappa shape index (κ2) is 7.94. The van der Waals surface area contributed by atoms with Gasteiger partial charge in [0.05, 0.1) is 0 Å². The smallest absolute Gasteiger partial charge is 0.358 e. The molecule has 26 heavy (non-hydrogen) atoms. The molecule has 2 N–H and O–H groups in total. The van der Waals surface area contributed by atoms with E-state index in [1.54, 1.807) is 6.92 Å². The van der Waals surface area contributed by atoms with E-state index >= 15 is 0 Å². The molecule has 0 aliphatic carbocycles. The van der Waals surface area contributed by atoms with Gasteiger partial charge in [0.1, 0.15) is 22.1 Å². The summed E-state index contributed by atoms with van der Waals surface area (Å²) in [6.45, 7) is 2.96. The normalized spacial score (nSPS) is 22.0. The highest BCUT2D eigenvalue weighted by atomic mass is 32.2. The number of rotatable bonds is 6. The van der Waals surface area contributed by atoms with Gasteiger partial charge in [0.25, 0.3) is 0 Å². The van der Waals surface area contributed by atoms with E-state index < -0.39 is 24.8 Å². The number of β-lactam (4-membered cyclic amide) rings is 1. The summed E-state index contributed by atoms with van der Waals surface area (Å²) >= 11 is 4.14. The first kappa shape index (κ1) is 19.1. The van der Waals surface area contributed by atoms with E-state index in [1.807, 2.05) is 6.92 Å². The van der Waals surface area contributed by atoms with Gasteiger partial charge >= 0.3 is 11.9 Å². The van der Waals surface area contributed by atoms with Gasteiger partial charge in [-0.1, -0.05) is 30.0 Å². The number of fused-ring (bicyclic) bond motifs is 1. The Hall–Kier alpha value is -1.63. The average molecular weight is 417 g/mol. The van der Waals surface area contributed by atoms with Crippen molar-refractivity contribution in [1.82, 2.24) is 15.1 Å². The molecule has 2 unspecified atom stereocenters. The van der Waals surface area contributed by atoms with Crippen LogP contribution in [-0.2, 0) is 23.9 Å². The summed E-state index contributed by atoms with van der Waals surface area (Å²) < 4.78 is 10.5. The van der Waals surface area contributed by atoms with Crippen LogP contribution in [0.4, 0.5) is 0 Å². The zero-order valence-electron chi connectivity index (χ0n) is 14.0. The van der Waals surface area contributed by atoms with Gasteiger partial charge in [-0.15, -0.1) is 22.0 Å². The van der Waals surface area contributed by atoms with Gasteiger partial charge in [0.2, 0.25) is 12.7 Å². The van der Waals surface area contributed by atoms with Crippen molar-refractivity contribution in [2.24, 2.45) is 5.73 Å². The van der Waals surface area contributed by atoms with Gasteiger partial charge < -0.3 is 15.2 Å². The standard InChI is InChI=1S/C14H16N4O5S3/c1-3-8(19)22-5-23-13(21)10-7(26-14-17-16-6(2)25-14)4-24-12-9(15)11(20)18(10)12/h9,12H,3-5,15H2,1-2H3. The number of aryl methyl sites for hydroxylation is 1. The van der Waals surface area contributed by atoms with Gasteiger partial charge in [-0.3, -0.25) is 14.5 Å². The number of hydrogen-bond acceptors (Lipinski definition) is 11. The number of hydrogen-bond donors (Lipinski definition) is 1. The van der Waals surface area contributed by atoms with Crippen molar-refractivity contribution in [3.05, 3.63) is 15.6 Å². The summed E-state index contributed by atoms with van der Waals surface area (Å²) in [6, 6.07) is -0.643. The molecule has 1 aromatic rings. The molecule has 1 fully saturated rings. The molecule has 1 aromatic heterocycles. The maximum atomic E-state index is 12.6. The number of aromatic nitrogens is 2. The third-order valence-electron chi connectivity index (χ3n) is 3.58. The zero-order chi connectivity index (χ0) is 18.8. The van der Waals surface area contributed by atoms with E-state index in [4.69, 9.17) is 15.2 Å². The fraction of sp³-hybridized carbons (Fsp3) is 0.500. The van der Waals surface area contributed by atoms with Crippen LogP contribution in [0.5, 0.6) is 0 Å². The number of carbonyl (C=O) groups excluding carboxylic acids is 3. The largest absolute Gasteiger partial charge is 0.428 e. The highest BCUT2D eigenvalue weighted by Gasteiger charge is 2.52. The van der Waals surface area contributed by atoms with Crippen molar-refractivity contribution in [1.29, 1.82) is 0 Å². The maximum Gasteiger partial charge on any atom is 0.358 e. The van der Waals surface area contributed by atoms with E-state index in [9.17, 15) is 14.4 Å². The highest BCUT2D eigenvalue weighted by molar-refractivity contribution is 8.07. The monoisotopic (exact) mass is 416 g/mol. The number of nitrogens with two attached hydrogens (primary N) is 1. The van der Waals surface area contributed by atoms with Gasteiger partial charge in [-0.25, -0.2) is 4.79 Å². The first-order valence-corrected chi connectivity index (χ1v) is 10.3. The molecule has 9 nitrogen and oxygen atoms in total. The van der Waals surface area contributed by atoms with Crippen molar-refractivity contribution in [3.63, 3.8) is 0 Å². The molecule has 2 atom stereocenters. The molecule has 3 rings (SSSR count). The lowest BCUT2D eigenvalue weighted by Gasteiger charge is -2.47. The fourth-order valence-electron chi connectivity index (χ4n) is 2.30. The Labute approximate surface area is 161 Å². The van der Waals surface area contributed by atoms with Gasteiger partial charge in [0, 0.05) is 17.1 Å². The predicted octanol–water partition coefficient (Wildman–Crippen LogP) is 0.847. The van der Waals surface area contributed by atoms with Crippen LogP contribution in [0.1, 0.15) is 18.4 Å². The Bertz CT molecular complexity index is 780. The van der Waals surface area contributed by atoms with Crippen LogP contribution in [0, 0.1) is 6.92 Å². The van der Waals surface area contributed by atoms with Crippen LogP contribution in [0.25, 0.3) is 0 Å². The first-order valence-electron chi connectivity index (χ1n) is 7.66. The highest BCUT2D eigenvalue weighted by Crippen LogP contribution is 2.45. The topological polar surface area (TPSA) is 125 Å². The molecule has 0 radical (unpaired) electrons. The lowest BCUT2D eigenvalue weighted by molar-refractivity contribution is -0.167. The Morgan fingerprint density at radius 2 is 2.15 bits per heavy atom. The molecule has 0 bridgehead atoms. The van der Waals surface area contributed by atoms with Crippen LogP contribution < -0.4 is 5.73 Å². The van der Waals surface area contributed by atoms with Crippen molar-refractivity contribution in [2.75, 3.05) is 12.5 Å². The van der Waals surface area contributed by atoms with Crippen molar-refractivity contribution in [3.8, 4) is 0 Å².